The number of fused-ring (bicyclic) bond motifs is 2. The first kappa shape index (κ1) is 20.2. The van der Waals surface area contributed by atoms with Gasteiger partial charge in [0.1, 0.15) is 5.60 Å². The Morgan fingerprint density at radius 3 is 2.30 bits per heavy atom. The lowest BCUT2D eigenvalue weighted by atomic mass is 9.48. The highest BCUT2D eigenvalue weighted by Crippen LogP contribution is 2.50. The number of hydrogen-bond donors (Lipinski definition) is 0. The summed E-state index contributed by atoms with van der Waals surface area (Å²) in [6.07, 6.45) is 0.424. The van der Waals surface area contributed by atoms with Crippen LogP contribution in [0.15, 0.2) is 18.2 Å². The molecule has 0 saturated carbocycles. The molecule has 1 aromatic rings. The molecule has 0 atom stereocenters. The fourth-order valence-electron chi connectivity index (χ4n) is 3.79. The van der Waals surface area contributed by atoms with Crippen molar-refractivity contribution in [3.63, 3.8) is 0 Å². The minimum Gasteiger partial charge on any atom is -0.444 e. The molecular formula is C18H20B3ClN2O3. The van der Waals surface area contributed by atoms with E-state index >= 15 is 0 Å². The molecule has 2 aliphatic rings. The lowest BCUT2D eigenvalue weighted by Gasteiger charge is -2.41. The maximum atomic E-state index is 13.3. The van der Waals surface area contributed by atoms with Crippen LogP contribution in [-0.4, -0.2) is 64.4 Å². The first-order chi connectivity index (χ1) is 12.3. The van der Waals surface area contributed by atoms with E-state index in [2.05, 4.69) is 0 Å². The number of benzene rings is 1. The molecule has 136 valence electrons. The van der Waals surface area contributed by atoms with Crippen molar-refractivity contribution in [3.05, 3.63) is 28.8 Å². The number of ether oxygens (including phenoxy) is 1. The number of nitrogens with zero attached hydrogens (tertiary/aromatic N) is 2. The number of rotatable bonds is 1. The van der Waals surface area contributed by atoms with Crippen molar-refractivity contribution >= 4 is 52.8 Å². The highest BCUT2D eigenvalue weighted by atomic mass is 35.5. The Morgan fingerprint density at radius 1 is 1.19 bits per heavy atom. The molecule has 0 bridgehead atoms. The van der Waals surface area contributed by atoms with Gasteiger partial charge < -0.3 is 14.5 Å². The molecule has 0 aromatic heterocycles. The quantitative estimate of drug-likeness (QED) is 0.701. The van der Waals surface area contributed by atoms with Crippen molar-refractivity contribution in [2.75, 3.05) is 18.0 Å². The first-order valence-electron chi connectivity index (χ1n) is 8.84. The molecule has 1 spiro atoms. The Kier molecular flexibility index (Phi) is 4.86. The molecule has 0 unspecified atom stereocenters. The molecule has 2 aliphatic heterocycles. The van der Waals surface area contributed by atoms with Crippen molar-refractivity contribution < 1.29 is 14.3 Å². The van der Waals surface area contributed by atoms with E-state index in [9.17, 15) is 9.59 Å². The van der Waals surface area contributed by atoms with Gasteiger partial charge in [0, 0.05) is 23.8 Å². The van der Waals surface area contributed by atoms with Gasteiger partial charge in [0.05, 0.1) is 29.0 Å². The van der Waals surface area contributed by atoms with E-state index in [0.29, 0.717) is 36.6 Å². The van der Waals surface area contributed by atoms with Gasteiger partial charge in [-0.3, -0.25) is 4.79 Å². The summed E-state index contributed by atoms with van der Waals surface area (Å²) in [5, 5.41) is -1.32. The van der Waals surface area contributed by atoms with Crippen molar-refractivity contribution in [2.45, 2.75) is 49.9 Å². The molecule has 3 rings (SSSR count). The van der Waals surface area contributed by atoms with Crippen molar-refractivity contribution in [3.8, 4) is 0 Å². The molecular weight excluding hydrogens is 360 g/mol. The third-order valence-corrected chi connectivity index (χ3v) is 5.22. The van der Waals surface area contributed by atoms with Crippen LogP contribution in [-0.2, 0) is 14.9 Å². The average Bonchev–Trinajstić information content (AvgIpc) is 2.75. The lowest BCUT2D eigenvalue weighted by Crippen LogP contribution is -2.57. The third-order valence-electron chi connectivity index (χ3n) is 4.98. The van der Waals surface area contributed by atoms with E-state index < -0.39 is 22.3 Å². The van der Waals surface area contributed by atoms with E-state index in [1.807, 2.05) is 20.8 Å². The van der Waals surface area contributed by atoms with Gasteiger partial charge >= 0.3 is 6.09 Å². The molecule has 5 nitrogen and oxygen atoms in total. The average molecular weight is 380 g/mol. The van der Waals surface area contributed by atoms with Crippen molar-refractivity contribution in [1.29, 1.82) is 0 Å². The zero-order valence-corrected chi connectivity index (χ0v) is 16.5. The van der Waals surface area contributed by atoms with Gasteiger partial charge in [0.25, 0.3) is 0 Å². The van der Waals surface area contributed by atoms with Gasteiger partial charge in [-0.25, -0.2) is 4.79 Å². The first-order valence-corrected chi connectivity index (χ1v) is 9.22. The van der Waals surface area contributed by atoms with Crippen molar-refractivity contribution in [2.24, 2.45) is 0 Å². The summed E-state index contributed by atoms with van der Waals surface area (Å²) in [5.41, 5.74) is -0.135. The summed E-state index contributed by atoms with van der Waals surface area (Å²) in [6.45, 7) is 6.18. The van der Waals surface area contributed by atoms with Crippen molar-refractivity contribution in [1.82, 2.24) is 4.90 Å². The molecule has 6 radical (unpaired) electrons. The molecule has 1 saturated heterocycles. The van der Waals surface area contributed by atoms with Gasteiger partial charge in [-0.15, -0.1) is 0 Å². The molecule has 0 aliphatic carbocycles. The second-order valence-electron chi connectivity index (χ2n) is 8.24. The number of piperidine rings is 1. The number of carbonyl (C=O) groups excluding carboxylic acids is 2. The summed E-state index contributed by atoms with van der Waals surface area (Å²) in [7, 11) is 17.6. The van der Waals surface area contributed by atoms with E-state index in [0.717, 1.165) is 5.56 Å². The summed E-state index contributed by atoms with van der Waals surface area (Å²) in [6, 6.07) is 5.12. The van der Waals surface area contributed by atoms with E-state index in [4.69, 9.17) is 39.9 Å². The summed E-state index contributed by atoms with van der Waals surface area (Å²) >= 11 is 6.18. The summed E-state index contributed by atoms with van der Waals surface area (Å²) in [5.74, 6) is -0.267. The molecule has 1 fully saturated rings. The van der Waals surface area contributed by atoms with Gasteiger partial charge in [-0.05, 0) is 57.4 Å². The Hall–Kier alpha value is -1.56. The SMILES string of the molecule is [B]C([B])([B])N1C(=O)C2(CCN(C(=O)OC(C)(C)C)CC2)c2cc(Cl)ccc21. The fourth-order valence-corrected chi connectivity index (χ4v) is 3.96. The van der Waals surface area contributed by atoms with Crippen LogP contribution >= 0.6 is 11.6 Å². The Labute approximate surface area is 169 Å². The fraction of sp³-hybridized carbons (Fsp3) is 0.556. The zero-order chi connectivity index (χ0) is 20.2. The van der Waals surface area contributed by atoms with Crippen LogP contribution < -0.4 is 4.90 Å². The van der Waals surface area contributed by atoms with Crippen LogP contribution in [0.2, 0.25) is 5.02 Å². The maximum absolute atomic E-state index is 13.3. The Bertz CT molecular complexity index is 781. The Balaban J connectivity index is 1.90. The number of amides is 2. The van der Waals surface area contributed by atoms with Crippen LogP contribution in [0.25, 0.3) is 0 Å². The van der Waals surface area contributed by atoms with E-state index in [1.54, 1.807) is 23.1 Å². The molecule has 27 heavy (non-hydrogen) atoms. The van der Waals surface area contributed by atoms with Crippen LogP contribution in [0.5, 0.6) is 0 Å². The monoisotopic (exact) mass is 380 g/mol. The largest absolute Gasteiger partial charge is 0.444 e. The standard InChI is InChI=1S/C18H20B3ClN2O3/c1-16(2,3)27-15(26)23-8-6-17(7-9-23)12-10-11(22)4-5-13(12)24(14(17)25)18(19,20)21/h4-5,10H,6-9H2,1-3H3. The number of anilines is 1. The smallest absolute Gasteiger partial charge is 0.410 e. The second-order valence-corrected chi connectivity index (χ2v) is 8.68. The molecule has 1 aromatic carbocycles. The molecule has 2 heterocycles. The zero-order valence-electron chi connectivity index (χ0n) is 15.8. The highest BCUT2D eigenvalue weighted by molar-refractivity contribution is 6.62. The van der Waals surface area contributed by atoms with Gasteiger partial charge in [0.2, 0.25) is 5.91 Å². The predicted octanol–water partition coefficient (Wildman–Crippen LogP) is 2.07. The van der Waals surface area contributed by atoms with Gasteiger partial charge in [-0.1, -0.05) is 16.8 Å². The van der Waals surface area contributed by atoms with E-state index in [-0.39, 0.29) is 5.91 Å². The van der Waals surface area contributed by atoms with Gasteiger partial charge in [0.15, 0.2) is 0 Å². The molecule has 2 amide bonds. The minimum atomic E-state index is -1.83. The topological polar surface area (TPSA) is 49.9 Å². The maximum Gasteiger partial charge on any atom is 0.410 e. The predicted molar refractivity (Wildman–Crippen MR) is 108 cm³/mol. The third kappa shape index (κ3) is 3.61. The lowest BCUT2D eigenvalue weighted by molar-refractivity contribution is -0.125. The highest BCUT2D eigenvalue weighted by Gasteiger charge is 2.54. The number of likely N-dealkylation sites (tertiary alicyclic amines) is 1. The number of carbonyl (C=O) groups is 2. The Morgan fingerprint density at radius 2 is 1.78 bits per heavy atom. The van der Waals surface area contributed by atoms with E-state index in [1.165, 1.54) is 4.90 Å². The summed E-state index contributed by atoms with van der Waals surface area (Å²) < 4.78 is 5.43. The van der Waals surface area contributed by atoms with Gasteiger partial charge in [-0.2, -0.15) is 0 Å². The molecule has 9 heteroatoms. The number of halogens is 1. The normalized spacial score (nSPS) is 19.3. The second kappa shape index (κ2) is 6.51. The van der Waals surface area contributed by atoms with Crippen LogP contribution in [0.1, 0.15) is 39.2 Å². The van der Waals surface area contributed by atoms with Crippen LogP contribution in [0.3, 0.4) is 0 Å². The van der Waals surface area contributed by atoms with Crippen LogP contribution in [0.4, 0.5) is 10.5 Å². The minimum absolute atomic E-state index is 0.267. The van der Waals surface area contributed by atoms with Crippen LogP contribution in [0, 0.1) is 0 Å². The summed E-state index contributed by atoms with van der Waals surface area (Å²) in [4.78, 5) is 28.5. The number of hydrogen-bond acceptors (Lipinski definition) is 3. The molecule has 0 N–H and O–H groups in total.